The van der Waals surface area contributed by atoms with E-state index >= 15 is 0 Å². The lowest BCUT2D eigenvalue weighted by Crippen LogP contribution is -2.03. The summed E-state index contributed by atoms with van der Waals surface area (Å²) in [6, 6.07) is 12.4. The molecule has 0 fully saturated rings. The second-order valence-electron chi connectivity index (χ2n) is 4.47. The second-order valence-corrected chi connectivity index (χ2v) is 5.86. The molecule has 0 amide bonds. The molecule has 2 aromatic carbocycles. The molecule has 2 rings (SSSR count). The minimum absolute atomic E-state index is 0.118. The highest BCUT2D eigenvalue weighted by Crippen LogP contribution is 2.26. The molecule has 0 aliphatic heterocycles. The van der Waals surface area contributed by atoms with Gasteiger partial charge < -0.3 is 5.32 Å². The van der Waals surface area contributed by atoms with Crippen molar-refractivity contribution in [1.29, 1.82) is 0 Å². The van der Waals surface area contributed by atoms with E-state index in [1.807, 2.05) is 31.2 Å². The van der Waals surface area contributed by atoms with Crippen LogP contribution in [-0.4, -0.2) is 13.0 Å². The highest BCUT2D eigenvalue weighted by molar-refractivity contribution is 7.86. The van der Waals surface area contributed by atoms with Crippen molar-refractivity contribution >= 4 is 21.5 Å². The lowest BCUT2D eigenvalue weighted by Gasteiger charge is -2.11. The first-order valence-electron chi connectivity index (χ1n) is 5.78. The summed E-state index contributed by atoms with van der Waals surface area (Å²) in [7, 11) is -4.25. The molecular formula is C14H15NO3S. The first kappa shape index (κ1) is 13.6. The largest absolute Gasteiger partial charge is 0.354 e. The molecule has 100 valence electrons. The quantitative estimate of drug-likeness (QED) is 0.845. The maximum absolute atomic E-state index is 11.4. The van der Waals surface area contributed by atoms with Gasteiger partial charge in [0.05, 0.1) is 5.69 Å². The first-order valence-corrected chi connectivity index (χ1v) is 7.22. The summed E-state index contributed by atoms with van der Waals surface area (Å²) in [5, 5.41) is 2.99. The normalized spacial score (nSPS) is 11.3. The highest BCUT2D eigenvalue weighted by atomic mass is 32.2. The van der Waals surface area contributed by atoms with E-state index in [-0.39, 0.29) is 4.90 Å². The molecule has 0 radical (unpaired) electrons. The third kappa shape index (κ3) is 3.33. The van der Waals surface area contributed by atoms with Gasteiger partial charge in [-0.2, -0.15) is 8.42 Å². The summed E-state index contributed by atoms with van der Waals surface area (Å²) < 4.78 is 32.0. The van der Waals surface area contributed by atoms with Crippen molar-refractivity contribution in [3.8, 4) is 0 Å². The molecule has 0 heterocycles. The van der Waals surface area contributed by atoms with Crippen LogP contribution >= 0.6 is 0 Å². The van der Waals surface area contributed by atoms with Crippen molar-refractivity contribution in [2.24, 2.45) is 0 Å². The van der Waals surface area contributed by atoms with Crippen LogP contribution in [-0.2, 0) is 10.1 Å². The molecule has 0 saturated carbocycles. The molecule has 5 heteroatoms. The van der Waals surface area contributed by atoms with Crippen molar-refractivity contribution in [2.45, 2.75) is 18.7 Å². The van der Waals surface area contributed by atoms with Crippen LogP contribution in [0.1, 0.15) is 11.1 Å². The van der Waals surface area contributed by atoms with Gasteiger partial charge in [-0.25, -0.2) is 0 Å². The van der Waals surface area contributed by atoms with E-state index in [0.717, 1.165) is 16.8 Å². The van der Waals surface area contributed by atoms with E-state index in [1.54, 1.807) is 19.1 Å². The maximum Gasteiger partial charge on any atom is 0.296 e. The minimum Gasteiger partial charge on any atom is -0.354 e. The third-order valence-electron chi connectivity index (χ3n) is 2.75. The van der Waals surface area contributed by atoms with E-state index < -0.39 is 10.1 Å². The van der Waals surface area contributed by atoms with Gasteiger partial charge in [-0.15, -0.1) is 0 Å². The van der Waals surface area contributed by atoms with Gasteiger partial charge in [0, 0.05) is 5.69 Å². The van der Waals surface area contributed by atoms with Crippen molar-refractivity contribution in [2.75, 3.05) is 5.32 Å². The van der Waals surface area contributed by atoms with E-state index in [0.29, 0.717) is 5.69 Å². The van der Waals surface area contributed by atoms with Gasteiger partial charge in [0.25, 0.3) is 10.1 Å². The summed E-state index contributed by atoms with van der Waals surface area (Å²) in [6.45, 7) is 3.74. The number of hydrogen-bond donors (Lipinski definition) is 2. The van der Waals surface area contributed by atoms with Crippen LogP contribution < -0.4 is 5.32 Å². The fourth-order valence-corrected chi connectivity index (χ4v) is 2.47. The van der Waals surface area contributed by atoms with Crippen LogP contribution in [0.3, 0.4) is 0 Å². The number of anilines is 2. The Balaban J connectivity index is 2.43. The molecule has 0 saturated heterocycles. The van der Waals surface area contributed by atoms with E-state index in [1.165, 1.54) is 6.07 Å². The molecule has 0 aromatic heterocycles. The van der Waals surface area contributed by atoms with Crippen LogP contribution in [0, 0.1) is 13.8 Å². The Morgan fingerprint density at radius 1 is 0.947 bits per heavy atom. The molecule has 0 bridgehead atoms. The summed E-state index contributed by atoms with van der Waals surface area (Å²) >= 11 is 0. The number of hydrogen-bond acceptors (Lipinski definition) is 3. The fraction of sp³-hybridized carbons (Fsp3) is 0.143. The third-order valence-corrected chi connectivity index (χ3v) is 3.64. The zero-order valence-corrected chi connectivity index (χ0v) is 11.5. The minimum atomic E-state index is -4.25. The molecule has 0 atom stereocenters. The Bertz CT molecular complexity index is 691. The van der Waals surface area contributed by atoms with Crippen LogP contribution in [0.15, 0.2) is 47.4 Å². The second kappa shape index (κ2) is 5.03. The molecular weight excluding hydrogens is 262 g/mol. The molecule has 2 aromatic rings. The monoisotopic (exact) mass is 277 g/mol. The van der Waals surface area contributed by atoms with Crippen LogP contribution in [0.4, 0.5) is 11.4 Å². The predicted molar refractivity (Wildman–Crippen MR) is 75.5 cm³/mol. The Hall–Kier alpha value is -1.85. The zero-order valence-electron chi connectivity index (χ0n) is 10.7. The fourth-order valence-electron chi connectivity index (χ4n) is 1.74. The first-order chi connectivity index (χ1) is 8.86. The molecule has 0 aliphatic rings. The Morgan fingerprint density at radius 2 is 1.53 bits per heavy atom. The summed E-state index contributed by atoms with van der Waals surface area (Å²) in [5.74, 6) is 0. The van der Waals surface area contributed by atoms with Crippen LogP contribution in [0.25, 0.3) is 0 Å². The number of rotatable bonds is 3. The number of benzene rings is 2. The van der Waals surface area contributed by atoms with Gasteiger partial charge in [-0.05, 0) is 43.7 Å². The van der Waals surface area contributed by atoms with Crippen molar-refractivity contribution in [3.63, 3.8) is 0 Å². The lowest BCUT2D eigenvalue weighted by molar-refractivity contribution is 0.483. The smallest absolute Gasteiger partial charge is 0.296 e. The molecule has 0 spiro atoms. The van der Waals surface area contributed by atoms with Gasteiger partial charge in [-0.3, -0.25) is 4.55 Å². The van der Waals surface area contributed by atoms with Gasteiger partial charge >= 0.3 is 0 Å². The average molecular weight is 277 g/mol. The molecule has 0 unspecified atom stereocenters. The van der Waals surface area contributed by atoms with Crippen LogP contribution in [0.2, 0.25) is 0 Å². The standard InChI is InChI=1S/C14H15NO3S/c1-10-3-6-12(7-4-10)15-13-8-5-11(2)9-14(13)19(16,17)18/h3-9,15H,1-2H3,(H,16,17,18). The van der Waals surface area contributed by atoms with E-state index in [4.69, 9.17) is 0 Å². The van der Waals surface area contributed by atoms with Crippen molar-refractivity contribution in [1.82, 2.24) is 0 Å². The SMILES string of the molecule is Cc1ccc(Nc2ccc(C)cc2S(=O)(=O)O)cc1. The zero-order chi connectivity index (χ0) is 14.0. The number of nitrogens with one attached hydrogen (secondary N) is 1. The van der Waals surface area contributed by atoms with Crippen LogP contribution in [0.5, 0.6) is 0 Å². The summed E-state index contributed by atoms with van der Waals surface area (Å²) in [5.41, 5.74) is 3.00. The van der Waals surface area contributed by atoms with Gasteiger partial charge in [0.1, 0.15) is 4.90 Å². The molecule has 4 nitrogen and oxygen atoms in total. The Kier molecular flexibility index (Phi) is 3.59. The molecule has 19 heavy (non-hydrogen) atoms. The van der Waals surface area contributed by atoms with Crippen molar-refractivity contribution < 1.29 is 13.0 Å². The highest BCUT2D eigenvalue weighted by Gasteiger charge is 2.15. The lowest BCUT2D eigenvalue weighted by atomic mass is 10.2. The van der Waals surface area contributed by atoms with Gasteiger partial charge in [-0.1, -0.05) is 23.8 Å². The molecule has 2 N–H and O–H groups in total. The Labute approximate surface area is 112 Å². The van der Waals surface area contributed by atoms with Gasteiger partial charge in [0.2, 0.25) is 0 Å². The van der Waals surface area contributed by atoms with E-state index in [9.17, 15) is 13.0 Å². The predicted octanol–water partition coefficient (Wildman–Crippen LogP) is 3.29. The number of aryl methyl sites for hydroxylation is 2. The average Bonchev–Trinajstić information content (AvgIpc) is 2.33. The summed E-state index contributed by atoms with van der Waals surface area (Å²) in [4.78, 5) is -0.118. The summed E-state index contributed by atoms with van der Waals surface area (Å²) in [6.07, 6.45) is 0. The van der Waals surface area contributed by atoms with E-state index in [2.05, 4.69) is 5.32 Å². The molecule has 0 aliphatic carbocycles. The Morgan fingerprint density at radius 3 is 2.11 bits per heavy atom. The maximum atomic E-state index is 11.4. The topological polar surface area (TPSA) is 66.4 Å². The van der Waals surface area contributed by atoms with Gasteiger partial charge in [0.15, 0.2) is 0 Å². The van der Waals surface area contributed by atoms with Crippen molar-refractivity contribution in [3.05, 3.63) is 53.6 Å².